The largest absolute Gasteiger partial charge is 0.507 e. The molecule has 0 saturated heterocycles. The third-order valence-corrected chi connectivity index (χ3v) is 3.09. The van der Waals surface area contributed by atoms with E-state index in [1.807, 2.05) is 6.92 Å². The number of benzene rings is 1. The number of aromatic hydroxyl groups is 1. The van der Waals surface area contributed by atoms with Gasteiger partial charge < -0.3 is 5.11 Å². The van der Waals surface area contributed by atoms with E-state index in [-0.39, 0.29) is 5.75 Å². The van der Waals surface area contributed by atoms with Gasteiger partial charge >= 0.3 is 0 Å². The topological polar surface area (TPSA) is 37.3 Å². The van der Waals surface area contributed by atoms with E-state index in [1.165, 1.54) is 0 Å². The molecule has 1 atom stereocenters. The Balaban J connectivity index is 2.75. The molecule has 2 nitrogen and oxygen atoms in total. The van der Waals surface area contributed by atoms with E-state index in [4.69, 9.17) is 5.11 Å². The van der Waals surface area contributed by atoms with Crippen LogP contribution in [0, 0.1) is 6.92 Å². The lowest BCUT2D eigenvalue weighted by molar-refractivity contribution is 0.462. The van der Waals surface area contributed by atoms with Crippen LogP contribution in [0.25, 0.3) is 0 Å². The first-order chi connectivity index (χ1) is 4.72. The van der Waals surface area contributed by atoms with Gasteiger partial charge in [-0.05, 0) is 18.6 Å². The Morgan fingerprint density at radius 2 is 2.10 bits per heavy atom. The Hall–Kier alpha value is -0.830. The molecule has 10 heavy (non-hydrogen) atoms. The van der Waals surface area contributed by atoms with Crippen molar-refractivity contribution in [1.82, 2.24) is 0 Å². The summed E-state index contributed by atoms with van der Waals surface area (Å²) in [5, 5.41) is 9.07. The lowest BCUT2D eigenvalue weighted by Gasteiger charge is -1.85. The maximum absolute atomic E-state index is 10.9. The van der Waals surface area contributed by atoms with Crippen LogP contribution in [0.4, 0.5) is 0 Å². The van der Waals surface area contributed by atoms with Gasteiger partial charge in [0.1, 0.15) is 10.6 Å². The fourth-order valence-electron chi connectivity index (χ4n) is 1.03. The summed E-state index contributed by atoms with van der Waals surface area (Å²) in [6, 6.07) is 3.36. The minimum absolute atomic E-state index is 0.166. The molecule has 0 aromatic heterocycles. The number of rotatable bonds is 0. The van der Waals surface area contributed by atoms with Crippen molar-refractivity contribution in [3.05, 3.63) is 17.7 Å². The van der Waals surface area contributed by atoms with Crippen LogP contribution >= 0.6 is 0 Å². The molecule has 0 aliphatic carbocycles. The first kappa shape index (κ1) is 5.92. The third kappa shape index (κ3) is 0.555. The molecule has 1 N–H and O–H groups in total. The highest BCUT2D eigenvalue weighted by atomic mass is 32.2. The molecule has 3 heteroatoms. The van der Waals surface area contributed by atoms with Crippen molar-refractivity contribution in [1.29, 1.82) is 0 Å². The van der Waals surface area contributed by atoms with Crippen molar-refractivity contribution in [2.24, 2.45) is 0 Å². The Kier molecular flexibility index (Phi) is 0.951. The number of phenols is 1. The maximum Gasteiger partial charge on any atom is 0.133 e. The van der Waals surface area contributed by atoms with Gasteiger partial charge in [0.15, 0.2) is 0 Å². The Labute approximate surface area is 61.0 Å². The summed E-state index contributed by atoms with van der Waals surface area (Å²) >= 11 is 0. The van der Waals surface area contributed by atoms with E-state index in [2.05, 4.69) is 0 Å². The molecule has 2 rings (SSSR count). The van der Waals surface area contributed by atoms with Crippen molar-refractivity contribution in [3.63, 3.8) is 0 Å². The summed E-state index contributed by atoms with van der Waals surface area (Å²) in [6.07, 6.45) is 0. The van der Waals surface area contributed by atoms with Crippen LogP contribution in [-0.4, -0.2) is 9.32 Å². The van der Waals surface area contributed by atoms with Gasteiger partial charge in [-0.25, -0.2) is 4.21 Å². The van der Waals surface area contributed by atoms with Gasteiger partial charge in [-0.3, -0.25) is 0 Å². The van der Waals surface area contributed by atoms with E-state index in [9.17, 15) is 4.21 Å². The zero-order chi connectivity index (χ0) is 7.30. The first-order valence-corrected chi connectivity index (χ1v) is 4.11. The Morgan fingerprint density at radius 1 is 1.40 bits per heavy atom. The highest BCUT2D eigenvalue weighted by Crippen LogP contribution is 2.44. The van der Waals surface area contributed by atoms with Crippen LogP contribution in [0.2, 0.25) is 0 Å². The average molecular weight is 154 g/mol. The molecule has 1 aromatic carbocycles. The molecule has 0 fully saturated rings. The predicted octanol–water partition coefficient (Wildman–Crippen LogP) is 1.18. The van der Waals surface area contributed by atoms with E-state index < -0.39 is 10.8 Å². The number of fused-ring (bicyclic) bond motifs is 1. The smallest absolute Gasteiger partial charge is 0.133 e. The fourth-order valence-corrected chi connectivity index (χ4v) is 2.28. The SMILES string of the molecule is Cc1ccc(O)c2c1S2=O. The van der Waals surface area contributed by atoms with E-state index >= 15 is 0 Å². The lowest BCUT2D eigenvalue weighted by Crippen LogP contribution is -1.66. The lowest BCUT2D eigenvalue weighted by atomic mass is 10.2. The maximum atomic E-state index is 10.9. The first-order valence-electron chi connectivity index (χ1n) is 2.96. The van der Waals surface area contributed by atoms with Gasteiger partial charge in [0.2, 0.25) is 0 Å². The van der Waals surface area contributed by atoms with Gasteiger partial charge in [0.05, 0.1) is 15.7 Å². The van der Waals surface area contributed by atoms with E-state index in [0.29, 0.717) is 4.90 Å². The quantitative estimate of drug-likeness (QED) is 0.578. The second kappa shape index (κ2) is 1.61. The van der Waals surface area contributed by atoms with Crippen molar-refractivity contribution in [3.8, 4) is 5.75 Å². The minimum atomic E-state index is -0.988. The summed E-state index contributed by atoms with van der Waals surface area (Å²) in [4.78, 5) is 1.44. The Bertz CT molecular complexity index is 300. The predicted molar refractivity (Wildman–Crippen MR) is 37.5 cm³/mol. The summed E-state index contributed by atoms with van der Waals surface area (Å²) in [5.41, 5.74) is 1.01. The van der Waals surface area contributed by atoms with Crippen LogP contribution in [0.3, 0.4) is 0 Å². The van der Waals surface area contributed by atoms with Gasteiger partial charge in [-0.2, -0.15) is 0 Å². The minimum Gasteiger partial charge on any atom is -0.507 e. The van der Waals surface area contributed by atoms with Crippen LogP contribution in [-0.2, 0) is 10.8 Å². The van der Waals surface area contributed by atoms with Crippen LogP contribution in [0.5, 0.6) is 5.75 Å². The monoisotopic (exact) mass is 154 g/mol. The van der Waals surface area contributed by atoms with Gasteiger partial charge in [-0.1, -0.05) is 6.07 Å². The molecule has 1 aromatic rings. The van der Waals surface area contributed by atoms with Crippen LogP contribution < -0.4 is 0 Å². The molecule has 1 aliphatic rings. The molecule has 0 amide bonds. The van der Waals surface area contributed by atoms with Crippen LogP contribution in [0.15, 0.2) is 21.9 Å². The molecule has 1 heterocycles. The van der Waals surface area contributed by atoms with E-state index in [1.54, 1.807) is 12.1 Å². The molecule has 52 valence electrons. The van der Waals surface area contributed by atoms with E-state index in [0.717, 1.165) is 10.5 Å². The number of hydrogen-bond acceptors (Lipinski definition) is 2. The second-order valence-corrected chi connectivity index (χ2v) is 3.68. The van der Waals surface area contributed by atoms with Gasteiger partial charge in [0.25, 0.3) is 0 Å². The summed E-state index contributed by atoms with van der Waals surface area (Å²) in [7, 11) is -0.988. The average Bonchev–Trinajstić information content (AvgIpc) is 2.55. The standard InChI is InChI=1S/C7H6O2S/c1-4-2-3-5(8)7-6(4)10(7)9/h2-3,8H,1H3. The third-order valence-electron chi connectivity index (χ3n) is 1.62. The molecular weight excluding hydrogens is 148 g/mol. The van der Waals surface area contributed by atoms with Gasteiger partial charge in [0, 0.05) is 0 Å². The van der Waals surface area contributed by atoms with Gasteiger partial charge in [-0.15, -0.1) is 0 Å². The molecule has 1 unspecified atom stereocenters. The molecule has 0 saturated carbocycles. The number of aryl methyl sites for hydroxylation is 1. The van der Waals surface area contributed by atoms with Crippen molar-refractivity contribution in [2.75, 3.05) is 0 Å². The second-order valence-electron chi connectivity index (χ2n) is 2.33. The normalized spacial score (nSPS) is 20.3. The number of hydrogen-bond donors (Lipinski definition) is 1. The highest BCUT2D eigenvalue weighted by Gasteiger charge is 2.34. The molecule has 1 aliphatic heterocycles. The van der Waals surface area contributed by atoms with Crippen molar-refractivity contribution < 1.29 is 9.32 Å². The number of phenolic OH excluding ortho intramolecular Hbond substituents is 1. The summed E-state index contributed by atoms with van der Waals surface area (Å²) in [6.45, 7) is 1.89. The molecular formula is C7H6O2S. The molecule has 0 bridgehead atoms. The zero-order valence-corrected chi connectivity index (χ0v) is 6.23. The fraction of sp³-hybridized carbons (Fsp3) is 0.143. The summed E-state index contributed by atoms with van der Waals surface area (Å²) in [5.74, 6) is 0.166. The zero-order valence-electron chi connectivity index (χ0n) is 5.42. The summed E-state index contributed by atoms with van der Waals surface area (Å²) < 4.78 is 10.9. The van der Waals surface area contributed by atoms with Crippen LogP contribution in [0.1, 0.15) is 5.56 Å². The highest BCUT2D eigenvalue weighted by molar-refractivity contribution is 7.91. The van der Waals surface area contributed by atoms with Crippen molar-refractivity contribution in [2.45, 2.75) is 16.7 Å². The Morgan fingerprint density at radius 3 is 2.70 bits per heavy atom. The molecule has 0 radical (unpaired) electrons. The molecule has 0 spiro atoms. The van der Waals surface area contributed by atoms with Crippen molar-refractivity contribution >= 4 is 10.8 Å².